The zero-order valence-corrected chi connectivity index (χ0v) is 15.7. The molecule has 1 N–H and O–H groups in total. The van der Waals surface area contributed by atoms with E-state index in [0.29, 0.717) is 24.9 Å². The van der Waals surface area contributed by atoms with Crippen LogP contribution in [0.2, 0.25) is 0 Å². The van der Waals surface area contributed by atoms with Crippen molar-refractivity contribution < 1.29 is 18.4 Å². The van der Waals surface area contributed by atoms with Crippen molar-refractivity contribution in [1.82, 2.24) is 5.32 Å². The number of halogens is 2. The number of hydrogen-bond acceptors (Lipinski definition) is 2. The number of fused-ring (bicyclic) bond motifs is 1. The van der Waals surface area contributed by atoms with Gasteiger partial charge in [0.1, 0.15) is 5.82 Å². The van der Waals surface area contributed by atoms with Gasteiger partial charge in [0.25, 0.3) is 11.8 Å². The highest BCUT2D eigenvalue weighted by Gasteiger charge is 2.53. The predicted molar refractivity (Wildman–Crippen MR) is 102 cm³/mol. The summed E-state index contributed by atoms with van der Waals surface area (Å²) in [4.78, 5) is 26.4. The fraction of sp³-hybridized carbons (Fsp3) is 0.364. The van der Waals surface area contributed by atoms with E-state index in [9.17, 15) is 18.4 Å². The topological polar surface area (TPSA) is 49.4 Å². The maximum absolute atomic E-state index is 14.2. The van der Waals surface area contributed by atoms with E-state index in [1.54, 1.807) is 4.90 Å². The smallest absolute Gasteiger partial charge is 0.264 e. The van der Waals surface area contributed by atoms with E-state index in [-0.39, 0.29) is 17.8 Å². The average Bonchev–Trinajstić information content (AvgIpc) is 3.45. The third-order valence-corrected chi connectivity index (χ3v) is 5.49. The molecule has 1 saturated carbocycles. The van der Waals surface area contributed by atoms with Crippen molar-refractivity contribution in [3.63, 3.8) is 0 Å². The van der Waals surface area contributed by atoms with Crippen LogP contribution in [0.5, 0.6) is 0 Å². The Balaban J connectivity index is 1.51. The van der Waals surface area contributed by atoms with Gasteiger partial charge in [-0.25, -0.2) is 8.78 Å². The molecule has 0 aromatic heterocycles. The lowest BCUT2D eigenvalue weighted by Gasteiger charge is -2.31. The molecule has 1 aliphatic carbocycles. The Bertz CT molecular complexity index is 923. The molecule has 0 unspecified atom stereocenters. The molecule has 2 aromatic carbocycles. The number of alkyl halides is 1. The van der Waals surface area contributed by atoms with Crippen LogP contribution >= 0.6 is 0 Å². The van der Waals surface area contributed by atoms with E-state index in [0.717, 1.165) is 29.7 Å². The fourth-order valence-electron chi connectivity index (χ4n) is 3.63. The summed E-state index contributed by atoms with van der Waals surface area (Å²) in [7, 11) is 0. The van der Waals surface area contributed by atoms with Gasteiger partial charge in [0.05, 0.1) is 6.04 Å². The van der Waals surface area contributed by atoms with Crippen molar-refractivity contribution in [3.8, 4) is 0 Å². The number of benzene rings is 2. The summed E-state index contributed by atoms with van der Waals surface area (Å²) in [5.74, 6) is -1.10. The minimum absolute atomic E-state index is 0.259. The van der Waals surface area contributed by atoms with Crippen LogP contribution in [0.15, 0.2) is 42.5 Å². The van der Waals surface area contributed by atoms with Crippen LogP contribution in [0.4, 0.5) is 14.5 Å². The summed E-state index contributed by atoms with van der Waals surface area (Å²) in [6, 6.07) is 10.8. The van der Waals surface area contributed by atoms with E-state index >= 15 is 0 Å². The van der Waals surface area contributed by atoms with Gasteiger partial charge in [-0.1, -0.05) is 12.1 Å². The highest BCUT2D eigenvalue weighted by molar-refractivity contribution is 6.02. The second-order valence-corrected chi connectivity index (χ2v) is 7.62. The molecule has 1 heterocycles. The van der Waals surface area contributed by atoms with Gasteiger partial charge in [0.2, 0.25) is 0 Å². The first-order valence-electron chi connectivity index (χ1n) is 9.57. The molecule has 146 valence electrons. The number of aryl methyl sites for hydroxylation is 1. The number of amides is 2. The van der Waals surface area contributed by atoms with Crippen molar-refractivity contribution in [3.05, 3.63) is 65.0 Å². The van der Waals surface area contributed by atoms with Crippen LogP contribution in [0.25, 0.3) is 0 Å². The molecular formula is C22H22F2N2O2. The molecular weight excluding hydrogens is 362 g/mol. The summed E-state index contributed by atoms with van der Waals surface area (Å²) < 4.78 is 27.3. The SMILES string of the molecule is C[C@@H](NC(=O)c1ccc(F)cc1)c1ccc2c(c1)CCCN2C(=O)C1(F)CC1. The second kappa shape index (κ2) is 7.00. The Morgan fingerprint density at radius 1 is 1.14 bits per heavy atom. The first-order chi connectivity index (χ1) is 13.4. The van der Waals surface area contributed by atoms with Gasteiger partial charge in [-0.05, 0) is 74.1 Å². The van der Waals surface area contributed by atoms with E-state index in [4.69, 9.17) is 0 Å². The molecule has 28 heavy (non-hydrogen) atoms. The molecule has 4 nitrogen and oxygen atoms in total. The van der Waals surface area contributed by atoms with Gasteiger partial charge in [-0.2, -0.15) is 0 Å². The van der Waals surface area contributed by atoms with Crippen molar-refractivity contribution in [2.45, 2.75) is 44.3 Å². The van der Waals surface area contributed by atoms with Crippen LogP contribution in [0.3, 0.4) is 0 Å². The van der Waals surface area contributed by atoms with Crippen LogP contribution in [-0.2, 0) is 11.2 Å². The van der Waals surface area contributed by atoms with Crippen LogP contribution < -0.4 is 10.2 Å². The van der Waals surface area contributed by atoms with Crippen LogP contribution in [-0.4, -0.2) is 24.0 Å². The summed E-state index contributed by atoms with van der Waals surface area (Å²) in [5, 5.41) is 2.91. The Kier molecular flexibility index (Phi) is 4.65. The lowest BCUT2D eigenvalue weighted by Crippen LogP contribution is -2.41. The van der Waals surface area contributed by atoms with E-state index in [1.807, 2.05) is 25.1 Å². The molecule has 0 saturated heterocycles. The monoisotopic (exact) mass is 384 g/mol. The number of carbonyl (C=O) groups excluding carboxylic acids is 2. The second-order valence-electron chi connectivity index (χ2n) is 7.62. The standard InChI is InChI=1S/C22H22F2N2O2/c1-14(25-20(27)15-4-7-18(23)8-5-15)16-6-9-19-17(13-16)3-2-12-26(19)21(28)22(24)10-11-22/h4-9,13-14H,2-3,10-12H2,1H3,(H,25,27)/t14-/m1/s1. The Labute approximate surface area is 162 Å². The molecule has 1 aliphatic heterocycles. The third-order valence-electron chi connectivity index (χ3n) is 5.49. The summed E-state index contributed by atoms with van der Waals surface area (Å²) >= 11 is 0. The fourth-order valence-corrected chi connectivity index (χ4v) is 3.63. The summed E-state index contributed by atoms with van der Waals surface area (Å²) in [6.45, 7) is 2.41. The average molecular weight is 384 g/mol. The first kappa shape index (κ1) is 18.6. The number of hydrogen-bond donors (Lipinski definition) is 1. The quantitative estimate of drug-likeness (QED) is 0.863. The maximum atomic E-state index is 14.2. The normalized spacial score (nSPS) is 18.2. The molecule has 0 radical (unpaired) electrons. The number of rotatable bonds is 4. The third kappa shape index (κ3) is 3.51. The Morgan fingerprint density at radius 3 is 2.54 bits per heavy atom. The van der Waals surface area contributed by atoms with Gasteiger partial charge < -0.3 is 10.2 Å². The lowest BCUT2D eigenvalue weighted by molar-refractivity contribution is -0.124. The van der Waals surface area contributed by atoms with Crippen LogP contribution in [0.1, 0.15) is 53.7 Å². The van der Waals surface area contributed by atoms with Gasteiger partial charge in [-0.3, -0.25) is 9.59 Å². The minimum Gasteiger partial charge on any atom is -0.346 e. The summed E-state index contributed by atoms with van der Waals surface area (Å²) in [6.07, 6.45) is 2.21. The van der Waals surface area contributed by atoms with Crippen LogP contribution in [0, 0.1) is 5.82 Å². The molecule has 1 atom stereocenters. The number of carbonyl (C=O) groups is 2. The Morgan fingerprint density at radius 2 is 1.86 bits per heavy atom. The Hall–Kier alpha value is -2.76. The maximum Gasteiger partial charge on any atom is 0.264 e. The van der Waals surface area contributed by atoms with E-state index in [1.165, 1.54) is 24.3 Å². The van der Waals surface area contributed by atoms with Crippen molar-refractivity contribution in [2.75, 3.05) is 11.4 Å². The lowest BCUT2D eigenvalue weighted by atomic mass is 9.96. The molecule has 4 rings (SSSR count). The first-order valence-corrected chi connectivity index (χ1v) is 9.57. The predicted octanol–water partition coefficient (Wildman–Crippen LogP) is 4.10. The molecule has 0 spiro atoms. The molecule has 0 bridgehead atoms. The van der Waals surface area contributed by atoms with E-state index in [2.05, 4.69) is 5.32 Å². The van der Waals surface area contributed by atoms with Gasteiger partial charge in [0, 0.05) is 17.8 Å². The molecule has 6 heteroatoms. The van der Waals surface area contributed by atoms with Crippen molar-refractivity contribution >= 4 is 17.5 Å². The number of anilines is 1. The summed E-state index contributed by atoms with van der Waals surface area (Å²) in [5.41, 5.74) is 1.37. The zero-order valence-electron chi connectivity index (χ0n) is 15.7. The van der Waals surface area contributed by atoms with Gasteiger partial charge in [-0.15, -0.1) is 0 Å². The zero-order chi connectivity index (χ0) is 19.9. The highest BCUT2D eigenvalue weighted by atomic mass is 19.1. The highest BCUT2D eigenvalue weighted by Crippen LogP contribution is 2.43. The molecule has 2 aromatic rings. The molecule has 2 amide bonds. The van der Waals surface area contributed by atoms with Crippen molar-refractivity contribution in [1.29, 1.82) is 0 Å². The molecule has 2 aliphatic rings. The van der Waals surface area contributed by atoms with Gasteiger partial charge in [0.15, 0.2) is 5.67 Å². The molecule has 1 fully saturated rings. The van der Waals surface area contributed by atoms with E-state index < -0.39 is 11.6 Å². The minimum atomic E-state index is -1.68. The van der Waals surface area contributed by atoms with Crippen molar-refractivity contribution in [2.24, 2.45) is 0 Å². The number of nitrogens with zero attached hydrogens (tertiary/aromatic N) is 1. The largest absolute Gasteiger partial charge is 0.346 e. The van der Waals surface area contributed by atoms with Gasteiger partial charge >= 0.3 is 0 Å². The number of nitrogens with one attached hydrogen (secondary N) is 1.